The minimum Gasteiger partial charge on any atom is -0.381 e. The fourth-order valence-electron chi connectivity index (χ4n) is 5.93. The Bertz CT molecular complexity index is 1780. The lowest BCUT2D eigenvalue weighted by molar-refractivity contribution is -0.148. The van der Waals surface area contributed by atoms with Crippen LogP contribution in [0.25, 0.3) is 10.2 Å². The molecule has 10 nitrogen and oxygen atoms in total. The number of para-hydroxylation sites is 1. The number of amides is 4. The van der Waals surface area contributed by atoms with E-state index in [0.717, 1.165) is 21.4 Å². The summed E-state index contributed by atoms with van der Waals surface area (Å²) >= 11 is 2.69. The Morgan fingerprint density at radius 1 is 0.959 bits per heavy atom. The van der Waals surface area contributed by atoms with Gasteiger partial charge in [0.1, 0.15) is 12.1 Å². The van der Waals surface area contributed by atoms with Gasteiger partial charge in [0, 0.05) is 11.3 Å². The number of nitrogens with zero attached hydrogens (tertiary/aromatic N) is 2. The molecule has 0 bridgehead atoms. The summed E-state index contributed by atoms with van der Waals surface area (Å²) < 4.78 is 0.227. The van der Waals surface area contributed by atoms with Gasteiger partial charge in [0.2, 0.25) is 11.8 Å². The number of thioether (sulfide) groups is 1. The summed E-state index contributed by atoms with van der Waals surface area (Å²) in [6.07, 6.45) is -1.52. The first kappa shape index (κ1) is 36.0. The number of aromatic nitrogens is 1. The summed E-state index contributed by atoms with van der Waals surface area (Å²) in [4.78, 5) is 60.7. The highest BCUT2D eigenvalue weighted by Crippen LogP contribution is 2.40. The van der Waals surface area contributed by atoms with Gasteiger partial charge >= 0.3 is 0 Å². The zero-order valence-corrected chi connectivity index (χ0v) is 29.9. The van der Waals surface area contributed by atoms with E-state index in [1.54, 1.807) is 13.8 Å². The molecule has 4 aromatic rings. The summed E-state index contributed by atoms with van der Waals surface area (Å²) in [5.41, 5.74) is 3.50. The number of fused-ring (bicyclic) bond motifs is 1. The molecule has 0 unspecified atom stereocenters. The Labute approximate surface area is 295 Å². The van der Waals surface area contributed by atoms with Gasteiger partial charge in [-0.1, -0.05) is 80.6 Å². The molecule has 49 heavy (non-hydrogen) atoms. The van der Waals surface area contributed by atoms with Crippen molar-refractivity contribution in [1.82, 2.24) is 25.8 Å². The van der Waals surface area contributed by atoms with Gasteiger partial charge in [-0.05, 0) is 61.9 Å². The molecule has 4 atom stereocenters. The average Bonchev–Trinajstić information content (AvgIpc) is 3.66. The Morgan fingerprint density at radius 3 is 2.33 bits per heavy atom. The van der Waals surface area contributed by atoms with E-state index in [0.29, 0.717) is 12.1 Å². The van der Waals surface area contributed by atoms with Gasteiger partial charge in [-0.2, -0.15) is 0 Å². The van der Waals surface area contributed by atoms with Crippen molar-refractivity contribution >= 4 is 56.9 Å². The number of hydrogen-bond acceptors (Lipinski definition) is 8. The number of aliphatic hydroxyl groups excluding tert-OH is 1. The Balaban J connectivity index is 1.34. The van der Waals surface area contributed by atoms with Gasteiger partial charge in [-0.3, -0.25) is 19.2 Å². The van der Waals surface area contributed by atoms with Gasteiger partial charge in [-0.25, -0.2) is 4.98 Å². The number of nitrogens with one attached hydrogen (secondary N) is 3. The van der Waals surface area contributed by atoms with Crippen LogP contribution in [0.15, 0.2) is 78.9 Å². The summed E-state index contributed by atoms with van der Waals surface area (Å²) in [5, 5.41) is 20.6. The Morgan fingerprint density at radius 2 is 1.63 bits per heavy atom. The Hall–Kier alpha value is -4.26. The van der Waals surface area contributed by atoms with Crippen molar-refractivity contribution in [2.75, 3.05) is 5.88 Å². The maximum absolute atomic E-state index is 14.1. The van der Waals surface area contributed by atoms with Crippen LogP contribution < -0.4 is 16.0 Å². The highest BCUT2D eigenvalue weighted by molar-refractivity contribution is 8.00. The number of carbonyl (C=O) groups is 4. The number of aliphatic hydroxyl groups is 1. The van der Waals surface area contributed by atoms with Crippen molar-refractivity contribution in [3.8, 4) is 0 Å². The van der Waals surface area contributed by atoms with Gasteiger partial charge in [-0.15, -0.1) is 23.1 Å². The molecule has 1 saturated heterocycles. The van der Waals surface area contributed by atoms with E-state index >= 15 is 0 Å². The van der Waals surface area contributed by atoms with Crippen molar-refractivity contribution < 1.29 is 24.3 Å². The predicted molar refractivity (Wildman–Crippen MR) is 194 cm³/mol. The quantitative estimate of drug-likeness (QED) is 0.171. The molecule has 0 saturated carbocycles. The lowest BCUT2D eigenvalue weighted by Crippen LogP contribution is -2.60. The summed E-state index contributed by atoms with van der Waals surface area (Å²) in [5.74, 6) is -2.12. The van der Waals surface area contributed by atoms with E-state index in [1.807, 2.05) is 99.6 Å². The Kier molecular flexibility index (Phi) is 11.4. The fourth-order valence-corrected chi connectivity index (χ4v) is 7.94. The smallest absolute Gasteiger partial charge is 0.280 e. The lowest BCUT2D eigenvalue weighted by Gasteiger charge is -2.34. The molecule has 0 spiro atoms. The van der Waals surface area contributed by atoms with Crippen LogP contribution in [0.1, 0.15) is 54.2 Å². The summed E-state index contributed by atoms with van der Waals surface area (Å²) in [6, 6.07) is 21.5. The van der Waals surface area contributed by atoms with Crippen molar-refractivity contribution in [2.24, 2.45) is 5.92 Å². The molecule has 5 rings (SSSR count). The number of hydrogen-bond donors (Lipinski definition) is 4. The molecule has 3 aromatic carbocycles. The van der Waals surface area contributed by atoms with Crippen molar-refractivity contribution in [1.29, 1.82) is 0 Å². The topological polar surface area (TPSA) is 141 Å². The number of rotatable bonds is 12. The second-order valence-corrected chi connectivity index (χ2v) is 15.8. The van der Waals surface area contributed by atoms with Gasteiger partial charge in [0.05, 0.1) is 22.1 Å². The minimum atomic E-state index is -1.67. The van der Waals surface area contributed by atoms with Crippen LogP contribution >= 0.6 is 23.1 Å². The minimum absolute atomic E-state index is 0.143. The molecule has 1 aromatic heterocycles. The standard InChI is InChI=1S/C37H43N5O5S2/c1-22(2)29(41-34(46)35-40-26-17-11-12-18-28(26)49-35)32(44)39-27(19-24-14-7-6-8-15-24)30(43)36(47)42-21-48-37(4,5)31(42)33(45)38-20-25-16-10-9-13-23(25)3/h6-18,22,27,29-31,43H,19-21H2,1-5H3,(H,38,45)(H,39,44)(H,41,46)/t27-,29-,30-,31+/m0/s1. The average molecular weight is 702 g/mol. The van der Waals surface area contributed by atoms with Crippen LogP contribution in [0, 0.1) is 12.8 Å². The van der Waals surface area contributed by atoms with Crippen LogP contribution in [0.4, 0.5) is 0 Å². The maximum atomic E-state index is 14.1. The zero-order chi connectivity index (χ0) is 35.3. The summed E-state index contributed by atoms with van der Waals surface area (Å²) in [7, 11) is 0. The van der Waals surface area contributed by atoms with Crippen LogP contribution in [-0.2, 0) is 27.3 Å². The second kappa shape index (κ2) is 15.5. The maximum Gasteiger partial charge on any atom is 0.280 e. The first-order valence-electron chi connectivity index (χ1n) is 16.3. The first-order valence-corrected chi connectivity index (χ1v) is 18.1. The monoisotopic (exact) mass is 701 g/mol. The largest absolute Gasteiger partial charge is 0.381 e. The first-order chi connectivity index (χ1) is 23.4. The molecular weight excluding hydrogens is 659 g/mol. The van der Waals surface area contributed by atoms with Crippen molar-refractivity contribution in [3.63, 3.8) is 0 Å². The van der Waals surface area contributed by atoms with Crippen LogP contribution in [0.5, 0.6) is 0 Å². The molecular formula is C37H43N5O5S2. The molecule has 0 radical (unpaired) electrons. The van der Waals surface area contributed by atoms with Crippen LogP contribution in [-0.4, -0.2) is 73.5 Å². The SMILES string of the molecule is Cc1ccccc1CNC(=O)[C@H]1N(C(=O)[C@@H](O)[C@H](Cc2ccccc2)NC(=O)[C@@H](NC(=O)c2nc3ccccc3s2)C(C)C)CSC1(C)C. The van der Waals surface area contributed by atoms with Gasteiger partial charge in [0.25, 0.3) is 11.8 Å². The van der Waals surface area contributed by atoms with E-state index in [1.165, 1.54) is 28.0 Å². The number of carbonyl (C=O) groups excluding carboxylic acids is 4. The molecule has 0 aliphatic carbocycles. The third-order valence-corrected chi connectivity index (χ3v) is 11.2. The second-order valence-electron chi connectivity index (χ2n) is 13.2. The molecule has 2 heterocycles. The highest BCUT2D eigenvalue weighted by Gasteiger charge is 2.50. The van der Waals surface area contributed by atoms with E-state index < -0.39 is 46.7 Å². The van der Waals surface area contributed by atoms with E-state index in [2.05, 4.69) is 20.9 Å². The highest BCUT2D eigenvalue weighted by atomic mass is 32.2. The van der Waals surface area contributed by atoms with Crippen LogP contribution in [0.3, 0.4) is 0 Å². The third kappa shape index (κ3) is 8.49. The number of benzene rings is 3. The number of aryl methyl sites for hydroxylation is 1. The van der Waals surface area contributed by atoms with E-state index in [-0.39, 0.29) is 29.1 Å². The zero-order valence-electron chi connectivity index (χ0n) is 28.3. The fraction of sp³-hybridized carbons (Fsp3) is 0.378. The molecule has 4 amide bonds. The normalized spacial score (nSPS) is 17.4. The molecule has 258 valence electrons. The number of thiazole rings is 1. The third-order valence-electron chi connectivity index (χ3n) is 8.78. The molecule has 12 heteroatoms. The molecule has 1 fully saturated rings. The lowest BCUT2D eigenvalue weighted by atomic mass is 9.96. The van der Waals surface area contributed by atoms with Crippen molar-refractivity contribution in [3.05, 3.63) is 101 Å². The van der Waals surface area contributed by atoms with E-state index in [4.69, 9.17) is 0 Å². The van der Waals surface area contributed by atoms with Crippen molar-refractivity contribution in [2.45, 2.75) is 76.6 Å². The van der Waals surface area contributed by atoms with E-state index in [9.17, 15) is 24.3 Å². The predicted octanol–water partition coefficient (Wildman–Crippen LogP) is 4.44. The summed E-state index contributed by atoms with van der Waals surface area (Å²) in [6.45, 7) is 9.69. The van der Waals surface area contributed by atoms with Gasteiger partial charge < -0.3 is 26.0 Å². The van der Waals surface area contributed by atoms with Crippen LogP contribution in [0.2, 0.25) is 0 Å². The van der Waals surface area contributed by atoms with Gasteiger partial charge in [0.15, 0.2) is 11.1 Å². The molecule has 1 aliphatic heterocycles. The molecule has 4 N–H and O–H groups in total. The molecule has 1 aliphatic rings.